The number of anilines is 1. The van der Waals surface area contributed by atoms with E-state index in [2.05, 4.69) is 11.8 Å². The van der Waals surface area contributed by atoms with E-state index in [1.807, 2.05) is 17.0 Å². The van der Waals surface area contributed by atoms with Crippen molar-refractivity contribution in [3.63, 3.8) is 0 Å². The summed E-state index contributed by atoms with van der Waals surface area (Å²) in [5, 5.41) is 10.1. The van der Waals surface area contributed by atoms with Gasteiger partial charge in [-0.25, -0.2) is 8.42 Å². The van der Waals surface area contributed by atoms with E-state index in [4.69, 9.17) is 4.74 Å². The summed E-state index contributed by atoms with van der Waals surface area (Å²) in [6.07, 6.45) is -2.41. The fraction of sp³-hybridized carbons (Fsp3) is 0.464. The number of carboxylic acid groups (broad SMARTS) is 1. The molecule has 0 amide bonds. The van der Waals surface area contributed by atoms with Gasteiger partial charge in [-0.05, 0) is 55.7 Å². The van der Waals surface area contributed by atoms with E-state index in [-0.39, 0.29) is 31.0 Å². The number of fused-ring (bicyclic) bond motifs is 1. The highest BCUT2D eigenvalue weighted by molar-refractivity contribution is 7.89. The lowest BCUT2D eigenvalue weighted by Crippen LogP contribution is -2.49. The Morgan fingerprint density at radius 2 is 1.72 bits per heavy atom. The predicted octanol–water partition coefficient (Wildman–Crippen LogP) is 5.46. The molecule has 39 heavy (non-hydrogen) atoms. The zero-order chi connectivity index (χ0) is 28.5. The molecular weight excluding hydrogens is 533 g/mol. The molecule has 1 unspecified atom stereocenters. The number of halogens is 3. The molecule has 0 radical (unpaired) electrons. The lowest BCUT2D eigenvalue weighted by atomic mass is 10.1. The van der Waals surface area contributed by atoms with Gasteiger partial charge < -0.3 is 14.7 Å². The van der Waals surface area contributed by atoms with Crippen molar-refractivity contribution in [2.75, 3.05) is 24.6 Å². The molecule has 1 heterocycles. The molecule has 1 aliphatic heterocycles. The summed E-state index contributed by atoms with van der Waals surface area (Å²) in [6, 6.07) is 11.6. The van der Waals surface area contributed by atoms with Gasteiger partial charge in [0.05, 0.1) is 4.90 Å². The van der Waals surface area contributed by atoms with Crippen molar-refractivity contribution >= 4 is 21.7 Å². The number of carboxylic acids is 1. The number of nitrogens with zero attached hydrogens (tertiary/aromatic N) is 2. The molecule has 7 nitrogen and oxygen atoms in total. The summed E-state index contributed by atoms with van der Waals surface area (Å²) in [7, 11) is -4.18. The fourth-order valence-corrected chi connectivity index (χ4v) is 6.04. The van der Waals surface area contributed by atoms with E-state index in [1.54, 1.807) is 19.1 Å². The van der Waals surface area contributed by atoms with Crippen LogP contribution in [-0.2, 0) is 21.4 Å². The summed E-state index contributed by atoms with van der Waals surface area (Å²) in [5.41, 5.74) is 1.42. The predicted molar refractivity (Wildman–Crippen MR) is 142 cm³/mol. The summed E-state index contributed by atoms with van der Waals surface area (Å²) in [5.74, 6) is 4.64. The largest absolute Gasteiger partial charge is 0.481 e. The normalized spacial score (nSPS) is 16.1. The van der Waals surface area contributed by atoms with Crippen molar-refractivity contribution in [2.45, 2.75) is 69.1 Å². The van der Waals surface area contributed by atoms with E-state index in [9.17, 15) is 31.5 Å². The average Bonchev–Trinajstić information content (AvgIpc) is 3.06. The van der Waals surface area contributed by atoms with E-state index in [0.29, 0.717) is 43.5 Å². The molecule has 0 spiro atoms. The topological polar surface area (TPSA) is 87.2 Å². The van der Waals surface area contributed by atoms with Gasteiger partial charge in [-0.15, -0.1) is 5.92 Å². The number of hydrogen-bond acceptors (Lipinski definition) is 5. The molecule has 0 saturated carbocycles. The second-order valence-electron chi connectivity index (χ2n) is 9.30. The highest BCUT2D eigenvalue weighted by atomic mass is 32.2. The first kappa shape index (κ1) is 30.3. The fourth-order valence-electron chi connectivity index (χ4n) is 4.49. The third-order valence-corrected chi connectivity index (χ3v) is 8.36. The van der Waals surface area contributed by atoms with Crippen LogP contribution in [0.3, 0.4) is 0 Å². The first-order valence-corrected chi connectivity index (χ1v) is 14.2. The van der Waals surface area contributed by atoms with Gasteiger partial charge >= 0.3 is 12.1 Å². The van der Waals surface area contributed by atoms with Crippen LogP contribution in [0.25, 0.3) is 0 Å². The summed E-state index contributed by atoms with van der Waals surface area (Å²) in [4.78, 5) is 14.2. The van der Waals surface area contributed by atoms with Crippen molar-refractivity contribution in [1.29, 1.82) is 0 Å². The number of benzene rings is 2. The van der Waals surface area contributed by atoms with Gasteiger partial charge in [0.25, 0.3) is 0 Å². The molecule has 1 atom stereocenters. The van der Waals surface area contributed by atoms with Crippen LogP contribution in [0, 0.1) is 11.8 Å². The third-order valence-electron chi connectivity index (χ3n) is 6.49. The molecule has 0 aromatic heterocycles. The Balaban J connectivity index is 1.76. The minimum Gasteiger partial charge on any atom is -0.481 e. The number of alkyl halides is 3. The average molecular weight is 567 g/mol. The van der Waals surface area contributed by atoms with Gasteiger partial charge in [0.15, 0.2) is 0 Å². The zero-order valence-electron chi connectivity index (χ0n) is 21.8. The van der Waals surface area contributed by atoms with Crippen LogP contribution in [0.4, 0.5) is 18.9 Å². The van der Waals surface area contributed by atoms with E-state index in [0.717, 1.165) is 9.99 Å². The number of ether oxygens (including phenoxy) is 1. The molecule has 1 N–H and O–H groups in total. The van der Waals surface area contributed by atoms with Gasteiger partial charge in [0.1, 0.15) is 18.4 Å². The Bertz CT molecular complexity index is 1270. The minimum absolute atomic E-state index is 0.0486. The molecule has 0 fully saturated rings. The van der Waals surface area contributed by atoms with Crippen LogP contribution in [0.5, 0.6) is 5.75 Å². The van der Waals surface area contributed by atoms with Crippen LogP contribution < -0.4 is 9.64 Å². The van der Waals surface area contributed by atoms with E-state index >= 15 is 0 Å². The molecule has 2 aromatic rings. The van der Waals surface area contributed by atoms with Crippen molar-refractivity contribution < 1.29 is 36.2 Å². The molecule has 1 aliphatic rings. The third kappa shape index (κ3) is 8.63. The van der Waals surface area contributed by atoms with Crippen LogP contribution in [-0.4, -0.2) is 55.7 Å². The molecular formula is C28H33F3N2O5S. The highest BCUT2D eigenvalue weighted by Gasteiger charge is 2.40. The minimum atomic E-state index is -4.18. The Labute approximate surface area is 227 Å². The monoisotopic (exact) mass is 566 g/mol. The quantitative estimate of drug-likeness (QED) is 0.271. The van der Waals surface area contributed by atoms with Gasteiger partial charge in [0, 0.05) is 31.7 Å². The van der Waals surface area contributed by atoms with Gasteiger partial charge in [-0.2, -0.15) is 17.5 Å². The van der Waals surface area contributed by atoms with Crippen LogP contribution in [0.15, 0.2) is 53.4 Å². The smallest absolute Gasteiger partial charge is 0.389 e. The molecule has 0 saturated heterocycles. The Morgan fingerprint density at radius 3 is 2.38 bits per heavy atom. The maximum absolute atomic E-state index is 13.7. The first-order valence-electron chi connectivity index (χ1n) is 12.8. The number of unbranched alkanes of at least 4 members (excludes halogenated alkanes) is 4. The zero-order valence-corrected chi connectivity index (χ0v) is 22.6. The Kier molecular flexibility index (Phi) is 10.7. The Morgan fingerprint density at radius 1 is 1.05 bits per heavy atom. The van der Waals surface area contributed by atoms with E-state index < -0.39 is 34.6 Å². The van der Waals surface area contributed by atoms with Crippen molar-refractivity contribution in [1.82, 2.24) is 4.31 Å². The molecule has 11 heteroatoms. The number of hydrogen-bond donors (Lipinski definition) is 1. The van der Waals surface area contributed by atoms with Gasteiger partial charge in [0.2, 0.25) is 10.0 Å². The lowest BCUT2D eigenvalue weighted by molar-refractivity contribution is -0.141. The number of sulfonamides is 1. The van der Waals surface area contributed by atoms with Crippen LogP contribution in [0.2, 0.25) is 0 Å². The van der Waals surface area contributed by atoms with Crippen LogP contribution >= 0.6 is 0 Å². The second-order valence-corrected chi connectivity index (χ2v) is 11.2. The highest BCUT2D eigenvalue weighted by Crippen LogP contribution is 2.32. The number of para-hydroxylation sites is 1. The molecule has 0 aliphatic carbocycles. The molecule has 3 rings (SSSR count). The Hall–Kier alpha value is -3.23. The lowest BCUT2D eigenvalue weighted by Gasteiger charge is -2.29. The maximum atomic E-state index is 13.7. The van der Waals surface area contributed by atoms with Crippen molar-refractivity contribution in [2.24, 2.45) is 0 Å². The molecule has 0 bridgehead atoms. The summed E-state index contributed by atoms with van der Waals surface area (Å²) in [6.45, 7) is 2.13. The van der Waals surface area contributed by atoms with Crippen molar-refractivity contribution in [3.05, 3.63) is 54.1 Å². The van der Waals surface area contributed by atoms with E-state index in [1.165, 1.54) is 24.3 Å². The number of aliphatic carboxylic acids is 1. The van der Waals surface area contributed by atoms with Gasteiger partial charge in [-0.3, -0.25) is 4.79 Å². The summed E-state index contributed by atoms with van der Waals surface area (Å²) >= 11 is 0. The molecule has 2 aromatic carbocycles. The standard InChI is InChI=1S/C28H33F3N2O5S/c1-2-3-19-38-23-13-15-24(16-14-23)39(36,37)33-20-22-11-7-8-12-25(22)32(21-26(33)27(34)35)18-10-6-4-5-9-17-28(29,30)31/h7-8,11-16,26H,4-6,9-10,17-21H2,1H3,(H,34,35). The maximum Gasteiger partial charge on any atom is 0.389 e. The second kappa shape index (κ2) is 13.7. The molecule has 212 valence electrons. The van der Waals surface area contributed by atoms with Gasteiger partial charge in [-0.1, -0.05) is 43.4 Å². The number of carbonyl (C=O) groups is 1. The number of rotatable bonds is 12. The van der Waals surface area contributed by atoms with Crippen LogP contribution in [0.1, 0.15) is 51.0 Å². The first-order chi connectivity index (χ1) is 18.5. The SMILES string of the molecule is CC#CCOc1ccc(S(=O)(=O)N2Cc3ccccc3N(CCCCCCCC(F)(F)F)CC2C(=O)O)cc1. The van der Waals surface area contributed by atoms with Crippen molar-refractivity contribution in [3.8, 4) is 17.6 Å². The summed E-state index contributed by atoms with van der Waals surface area (Å²) < 4.78 is 70.8.